The zero-order valence-electron chi connectivity index (χ0n) is 14.1. The highest BCUT2D eigenvalue weighted by atomic mass is 31.1. The second kappa shape index (κ2) is 5.30. The van der Waals surface area contributed by atoms with Gasteiger partial charge in [0, 0.05) is 21.7 Å². The van der Waals surface area contributed by atoms with E-state index in [1.54, 1.807) is 0 Å². The largest absolute Gasteiger partial charge is 0.310 e. The Bertz CT molecular complexity index is 980. The predicted molar refractivity (Wildman–Crippen MR) is 112 cm³/mol. The van der Waals surface area contributed by atoms with Gasteiger partial charge in [-0.3, -0.25) is 0 Å². The molecule has 0 saturated carbocycles. The van der Waals surface area contributed by atoms with Gasteiger partial charge in [-0.2, -0.15) is 0 Å². The molecule has 2 heteroatoms. The Morgan fingerprint density at radius 1 is 0.423 bits per heavy atom. The molecule has 0 spiro atoms. The van der Waals surface area contributed by atoms with Crippen LogP contribution in [0.3, 0.4) is 0 Å². The van der Waals surface area contributed by atoms with Gasteiger partial charge in [-0.05, 0) is 23.3 Å². The third-order valence-corrected chi connectivity index (χ3v) is 7.83. The second-order valence-corrected chi connectivity index (χ2v) is 8.68. The van der Waals surface area contributed by atoms with Crippen LogP contribution in [-0.2, 0) is 0 Å². The molecule has 0 saturated heterocycles. The average Bonchev–Trinajstić information content (AvgIpc) is 2.73. The standard InChI is InChI=1S/C24H16NP/c1-5-13-21-17(9-1)19-11-3-7-15-23(19)26-24-16-8-4-12-20(24)18-10-2-6-14-22(18)25(21)26/h1-16H. The van der Waals surface area contributed by atoms with Crippen molar-refractivity contribution in [1.82, 2.24) is 0 Å². The van der Waals surface area contributed by atoms with Gasteiger partial charge in [-0.15, -0.1) is 0 Å². The highest BCUT2D eigenvalue weighted by Crippen LogP contribution is 2.60. The highest BCUT2D eigenvalue weighted by Gasteiger charge is 2.38. The number of hydrogen-bond acceptors (Lipinski definition) is 1. The smallest absolute Gasteiger partial charge is 0.0611 e. The molecule has 2 aliphatic rings. The highest BCUT2D eigenvalue weighted by molar-refractivity contribution is 7.75. The van der Waals surface area contributed by atoms with Crippen molar-refractivity contribution < 1.29 is 0 Å². The number of para-hydroxylation sites is 2. The maximum Gasteiger partial charge on any atom is 0.0611 e. The fraction of sp³-hybridized carbons (Fsp3) is 0. The van der Waals surface area contributed by atoms with Crippen molar-refractivity contribution in [3.63, 3.8) is 0 Å². The summed E-state index contributed by atoms with van der Waals surface area (Å²) in [5.74, 6) is 0. The Morgan fingerprint density at radius 3 is 1.31 bits per heavy atom. The minimum absolute atomic E-state index is 0.618. The van der Waals surface area contributed by atoms with E-state index in [0.717, 1.165) is 0 Å². The SMILES string of the molecule is c1ccc2c(c1)-c1ccccc1P1c3ccccc3-c3ccccc3N21. The van der Waals surface area contributed by atoms with Gasteiger partial charge < -0.3 is 4.67 Å². The summed E-state index contributed by atoms with van der Waals surface area (Å²) in [5, 5.41) is 2.89. The Morgan fingerprint density at radius 2 is 0.808 bits per heavy atom. The monoisotopic (exact) mass is 349 g/mol. The molecule has 0 radical (unpaired) electrons. The van der Waals surface area contributed by atoms with Crippen LogP contribution in [0.1, 0.15) is 0 Å². The zero-order chi connectivity index (χ0) is 17.1. The molecule has 4 aromatic carbocycles. The maximum atomic E-state index is 2.59. The molecule has 122 valence electrons. The van der Waals surface area contributed by atoms with Gasteiger partial charge in [0.25, 0.3) is 0 Å². The molecule has 1 nitrogen and oxygen atoms in total. The van der Waals surface area contributed by atoms with Gasteiger partial charge in [0.15, 0.2) is 0 Å². The van der Waals surface area contributed by atoms with Crippen LogP contribution >= 0.6 is 8.07 Å². The van der Waals surface area contributed by atoms with Crippen LogP contribution in [0.25, 0.3) is 22.3 Å². The molecule has 26 heavy (non-hydrogen) atoms. The van der Waals surface area contributed by atoms with Gasteiger partial charge >= 0.3 is 0 Å². The molecule has 2 heterocycles. The minimum Gasteiger partial charge on any atom is -0.310 e. The minimum atomic E-state index is -0.618. The van der Waals surface area contributed by atoms with E-state index >= 15 is 0 Å². The lowest BCUT2D eigenvalue weighted by Crippen LogP contribution is -2.33. The van der Waals surface area contributed by atoms with Crippen molar-refractivity contribution in [2.75, 3.05) is 4.67 Å². The average molecular weight is 349 g/mol. The first kappa shape index (κ1) is 14.3. The molecule has 4 aromatic rings. The second-order valence-electron chi connectivity index (χ2n) is 6.69. The molecule has 0 N–H and O–H groups in total. The van der Waals surface area contributed by atoms with E-state index in [0.29, 0.717) is 0 Å². The molecule has 0 amide bonds. The summed E-state index contributed by atoms with van der Waals surface area (Å²) in [6.07, 6.45) is 0. The maximum absolute atomic E-state index is 2.59. The van der Waals surface area contributed by atoms with Crippen LogP contribution in [-0.4, -0.2) is 0 Å². The van der Waals surface area contributed by atoms with Gasteiger partial charge in [-0.1, -0.05) is 84.9 Å². The lowest BCUT2D eigenvalue weighted by Gasteiger charge is -2.44. The molecule has 6 rings (SSSR count). The number of rotatable bonds is 0. The topological polar surface area (TPSA) is 3.24 Å². The molecule has 0 aliphatic carbocycles. The van der Waals surface area contributed by atoms with Crippen molar-refractivity contribution in [2.24, 2.45) is 0 Å². The Labute approximate surface area is 154 Å². The quantitative estimate of drug-likeness (QED) is 0.361. The first-order valence-electron chi connectivity index (χ1n) is 8.90. The molecular weight excluding hydrogens is 333 g/mol. The van der Waals surface area contributed by atoms with E-state index in [1.165, 1.54) is 44.2 Å². The summed E-state index contributed by atoms with van der Waals surface area (Å²) in [4.78, 5) is 0. The van der Waals surface area contributed by atoms with Crippen molar-refractivity contribution in [3.05, 3.63) is 97.1 Å². The van der Waals surface area contributed by atoms with E-state index < -0.39 is 8.07 Å². The lowest BCUT2D eigenvalue weighted by molar-refractivity contribution is 1.38. The van der Waals surface area contributed by atoms with Crippen molar-refractivity contribution in [1.29, 1.82) is 0 Å². The summed E-state index contributed by atoms with van der Waals surface area (Å²) in [7, 11) is -0.618. The third kappa shape index (κ3) is 1.79. The van der Waals surface area contributed by atoms with Crippen LogP contribution in [0.2, 0.25) is 0 Å². The summed E-state index contributed by atoms with van der Waals surface area (Å²) >= 11 is 0. The van der Waals surface area contributed by atoms with Crippen molar-refractivity contribution in [3.8, 4) is 22.3 Å². The van der Waals surface area contributed by atoms with Crippen molar-refractivity contribution in [2.45, 2.75) is 0 Å². The Hall–Kier alpha value is -2.89. The molecule has 0 bridgehead atoms. The zero-order valence-corrected chi connectivity index (χ0v) is 15.0. The third-order valence-electron chi connectivity index (χ3n) is 5.31. The molecule has 0 atom stereocenters. The molecule has 0 aromatic heterocycles. The van der Waals surface area contributed by atoms with E-state index in [1.807, 2.05) is 0 Å². The number of fused-ring (bicyclic) bond motifs is 11. The summed E-state index contributed by atoms with van der Waals surface area (Å²) in [5.41, 5.74) is 8.05. The van der Waals surface area contributed by atoms with Gasteiger partial charge in [0.05, 0.1) is 19.4 Å². The van der Waals surface area contributed by atoms with E-state index in [9.17, 15) is 0 Å². The van der Waals surface area contributed by atoms with Crippen LogP contribution in [0, 0.1) is 0 Å². The van der Waals surface area contributed by atoms with Crippen LogP contribution in [0.5, 0.6) is 0 Å². The van der Waals surface area contributed by atoms with Crippen LogP contribution in [0.15, 0.2) is 97.1 Å². The molecular formula is C24H16NP. The van der Waals surface area contributed by atoms with E-state index in [2.05, 4.69) is 102 Å². The van der Waals surface area contributed by atoms with Crippen molar-refractivity contribution >= 4 is 30.1 Å². The van der Waals surface area contributed by atoms with Crippen LogP contribution < -0.4 is 15.3 Å². The van der Waals surface area contributed by atoms with Gasteiger partial charge in [0.2, 0.25) is 0 Å². The van der Waals surface area contributed by atoms with Gasteiger partial charge in [0.1, 0.15) is 0 Å². The Balaban J connectivity index is 1.77. The predicted octanol–water partition coefficient (Wildman–Crippen LogP) is 5.83. The first-order valence-corrected chi connectivity index (χ1v) is 10.2. The number of anilines is 2. The molecule has 0 unspecified atom stereocenters. The Kier molecular flexibility index (Phi) is 2.92. The first-order chi connectivity index (χ1) is 12.9. The van der Waals surface area contributed by atoms with E-state index in [4.69, 9.17) is 0 Å². The lowest BCUT2D eigenvalue weighted by atomic mass is 10.00. The molecule has 0 fully saturated rings. The van der Waals surface area contributed by atoms with E-state index in [-0.39, 0.29) is 0 Å². The number of hydrogen-bond donors (Lipinski definition) is 0. The van der Waals surface area contributed by atoms with Crippen LogP contribution in [0.4, 0.5) is 11.4 Å². The number of nitrogens with zero attached hydrogens (tertiary/aromatic N) is 1. The fourth-order valence-corrected chi connectivity index (χ4v) is 7.01. The number of benzene rings is 4. The fourth-order valence-electron chi connectivity index (χ4n) is 4.23. The summed E-state index contributed by atoms with van der Waals surface area (Å²) < 4.78 is 2.59. The normalized spacial score (nSPS) is 13.9. The van der Waals surface area contributed by atoms with Gasteiger partial charge in [-0.25, -0.2) is 0 Å². The summed E-state index contributed by atoms with van der Waals surface area (Å²) in [6.45, 7) is 0. The molecule has 2 aliphatic heterocycles. The summed E-state index contributed by atoms with van der Waals surface area (Å²) in [6, 6.07) is 35.5.